The molecule has 0 radical (unpaired) electrons. The van der Waals surface area contributed by atoms with Crippen LogP contribution in [0.25, 0.3) is 16.7 Å². The molecule has 0 aliphatic rings. The van der Waals surface area contributed by atoms with Crippen LogP contribution in [0.3, 0.4) is 0 Å². The second-order valence-electron chi connectivity index (χ2n) is 6.34. The molecule has 2 aromatic carbocycles. The van der Waals surface area contributed by atoms with Gasteiger partial charge in [-0.3, -0.25) is 0 Å². The highest BCUT2D eigenvalue weighted by Crippen LogP contribution is 2.24. The molecule has 2 aromatic heterocycles. The zero-order valence-corrected chi connectivity index (χ0v) is 14.7. The SMILES string of the molecule is Cc1cc2oc(=O)cc(CNc3ccccc3-n3cccn3)c2cc1C. The highest BCUT2D eigenvalue weighted by molar-refractivity contribution is 5.82. The molecule has 0 aliphatic carbocycles. The van der Waals surface area contributed by atoms with Crippen LogP contribution in [0.2, 0.25) is 0 Å². The molecular formula is C21H19N3O2. The average Bonchev–Trinajstić information content (AvgIpc) is 3.16. The van der Waals surface area contributed by atoms with Gasteiger partial charge in [-0.15, -0.1) is 0 Å². The lowest BCUT2D eigenvalue weighted by molar-refractivity contribution is 0.559. The quantitative estimate of drug-likeness (QED) is 0.563. The van der Waals surface area contributed by atoms with Crippen LogP contribution in [0.5, 0.6) is 0 Å². The fourth-order valence-electron chi connectivity index (χ4n) is 3.05. The number of benzene rings is 2. The summed E-state index contributed by atoms with van der Waals surface area (Å²) < 4.78 is 7.19. The Morgan fingerprint density at radius 1 is 1.08 bits per heavy atom. The van der Waals surface area contributed by atoms with Crippen molar-refractivity contribution in [1.29, 1.82) is 0 Å². The predicted molar refractivity (Wildman–Crippen MR) is 103 cm³/mol. The van der Waals surface area contributed by atoms with E-state index in [1.807, 2.05) is 54.2 Å². The first-order chi connectivity index (χ1) is 12.6. The van der Waals surface area contributed by atoms with E-state index in [4.69, 9.17) is 4.42 Å². The van der Waals surface area contributed by atoms with E-state index in [2.05, 4.69) is 23.4 Å². The number of fused-ring (bicyclic) bond motifs is 1. The summed E-state index contributed by atoms with van der Waals surface area (Å²) in [5.41, 5.74) is 5.38. The van der Waals surface area contributed by atoms with Crippen LogP contribution >= 0.6 is 0 Å². The largest absolute Gasteiger partial charge is 0.423 e. The van der Waals surface area contributed by atoms with Crippen molar-refractivity contribution in [2.75, 3.05) is 5.32 Å². The lowest BCUT2D eigenvalue weighted by atomic mass is 10.0. The van der Waals surface area contributed by atoms with Crippen LogP contribution in [-0.4, -0.2) is 9.78 Å². The molecule has 0 amide bonds. The number of anilines is 1. The van der Waals surface area contributed by atoms with Gasteiger partial charge < -0.3 is 9.73 Å². The van der Waals surface area contributed by atoms with Crippen LogP contribution < -0.4 is 10.9 Å². The van der Waals surface area contributed by atoms with Crippen LogP contribution in [0.1, 0.15) is 16.7 Å². The van der Waals surface area contributed by atoms with E-state index in [1.165, 1.54) is 5.56 Å². The third kappa shape index (κ3) is 2.99. The van der Waals surface area contributed by atoms with Crippen LogP contribution in [0.4, 0.5) is 5.69 Å². The van der Waals surface area contributed by atoms with Crippen molar-refractivity contribution in [3.8, 4) is 5.69 Å². The van der Waals surface area contributed by atoms with Crippen LogP contribution in [0.15, 0.2) is 70.1 Å². The van der Waals surface area contributed by atoms with Crippen molar-refractivity contribution in [3.63, 3.8) is 0 Å². The number of para-hydroxylation sites is 2. The van der Waals surface area contributed by atoms with Crippen molar-refractivity contribution in [2.45, 2.75) is 20.4 Å². The fraction of sp³-hybridized carbons (Fsp3) is 0.143. The molecule has 5 heteroatoms. The first-order valence-electron chi connectivity index (χ1n) is 8.49. The van der Waals surface area contributed by atoms with E-state index < -0.39 is 0 Å². The van der Waals surface area contributed by atoms with Crippen molar-refractivity contribution in [2.24, 2.45) is 0 Å². The lowest BCUT2D eigenvalue weighted by Crippen LogP contribution is -2.08. The van der Waals surface area contributed by atoms with E-state index in [0.29, 0.717) is 12.1 Å². The van der Waals surface area contributed by atoms with Gasteiger partial charge in [0.05, 0.1) is 11.4 Å². The minimum absolute atomic E-state index is 0.335. The van der Waals surface area contributed by atoms with Gasteiger partial charge in [0.15, 0.2) is 0 Å². The highest BCUT2D eigenvalue weighted by Gasteiger charge is 2.09. The molecule has 0 unspecified atom stereocenters. The summed E-state index contributed by atoms with van der Waals surface area (Å²) in [7, 11) is 0. The molecule has 4 rings (SSSR count). The molecule has 0 bridgehead atoms. The second kappa shape index (κ2) is 6.52. The number of hydrogen-bond acceptors (Lipinski definition) is 4. The van der Waals surface area contributed by atoms with E-state index in [-0.39, 0.29) is 5.63 Å². The Morgan fingerprint density at radius 2 is 1.88 bits per heavy atom. The summed E-state index contributed by atoms with van der Waals surface area (Å²) in [5, 5.41) is 8.68. The Morgan fingerprint density at radius 3 is 2.69 bits per heavy atom. The molecule has 26 heavy (non-hydrogen) atoms. The van der Waals surface area contributed by atoms with Crippen molar-refractivity contribution < 1.29 is 4.42 Å². The molecule has 0 spiro atoms. The summed E-state index contributed by atoms with van der Waals surface area (Å²) in [6.07, 6.45) is 3.65. The maximum Gasteiger partial charge on any atom is 0.336 e. The van der Waals surface area contributed by atoms with Crippen molar-refractivity contribution in [1.82, 2.24) is 9.78 Å². The summed E-state index contributed by atoms with van der Waals surface area (Å²) in [6.45, 7) is 4.59. The number of hydrogen-bond donors (Lipinski definition) is 1. The Labute approximate surface area is 150 Å². The monoisotopic (exact) mass is 345 g/mol. The van der Waals surface area contributed by atoms with Gasteiger partial charge in [0.25, 0.3) is 0 Å². The van der Waals surface area contributed by atoms with E-state index in [1.54, 1.807) is 12.3 Å². The highest BCUT2D eigenvalue weighted by atomic mass is 16.4. The summed E-state index contributed by atoms with van der Waals surface area (Å²) >= 11 is 0. The van der Waals surface area contributed by atoms with Gasteiger partial charge in [-0.05, 0) is 60.9 Å². The molecule has 0 saturated carbocycles. The summed E-state index contributed by atoms with van der Waals surface area (Å²) in [5.74, 6) is 0. The fourth-order valence-corrected chi connectivity index (χ4v) is 3.05. The molecule has 0 fully saturated rings. The van der Waals surface area contributed by atoms with Gasteiger partial charge in [-0.2, -0.15) is 5.10 Å². The van der Waals surface area contributed by atoms with E-state index >= 15 is 0 Å². The number of aromatic nitrogens is 2. The molecule has 0 aliphatic heterocycles. The number of rotatable bonds is 4. The Hall–Kier alpha value is -3.34. The van der Waals surface area contributed by atoms with Crippen LogP contribution in [0, 0.1) is 13.8 Å². The van der Waals surface area contributed by atoms with E-state index in [0.717, 1.165) is 27.9 Å². The zero-order valence-electron chi connectivity index (χ0n) is 14.7. The molecule has 4 aromatic rings. The minimum Gasteiger partial charge on any atom is -0.423 e. The Bertz CT molecular complexity index is 1130. The lowest BCUT2D eigenvalue weighted by Gasteiger charge is -2.13. The van der Waals surface area contributed by atoms with Crippen molar-refractivity contribution in [3.05, 3.63) is 88.0 Å². The van der Waals surface area contributed by atoms with Crippen molar-refractivity contribution >= 4 is 16.7 Å². The van der Waals surface area contributed by atoms with Gasteiger partial charge >= 0.3 is 5.63 Å². The maximum absolute atomic E-state index is 12.0. The van der Waals surface area contributed by atoms with Gasteiger partial charge in [0, 0.05) is 30.4 Å². The third-order valence-corrected chi connectivity index (χ3v) is 4.57. The smallest absolute Gasteiger partial charge is 0.336 e. The normalized spacial score (nSPS) is 11.0. The van der Waals surface area contributed by atoms with Gasteiger partial charge in [-0.25, -0.2) is 9.48 Å². The topological polar surface area (TPSA) is 60.1 Å². The number of aryl methyl sites for hydroxylation is 2. The zero-order chi connectivity index (χ0) is 18.1. The number of nitrogens with zero attached hydrogens (tertiary/aromatic N) is 2. The average molecular weight is 345 g/mol. The molecule has 1 N–H and O–H groups in total. The molecule has 130 valence electrons. The molecule has 0 atom stereocenters. The number of nitrogens with one attached hydrogen (secondary N) is 1. The predicted octanol–water partition coefficient (Wildman–Crippen LogP) is 4.21. The first kappa shape index (κ1) is 16.1. The molecule has 5 nitrogen and oxygen atoms in total. The maximum atomic E-state index is 12.0. The molecule has 2 heterocycles. The molecular weight excluding hydrogens is 326 g/mol. The van der Waals surface area contributed by atoms with Gasteiger partial charge in [0.2, 0.25) is 0 Å². The Kier molecular flexibility index (Phi) is 4.05. The minimum atomic E-state index is -0.335. The second-order valence-corrected chi connectivity index (χ2v) is 6.34. The summed E-state index contributed by atoms with van der Waals surface area (Å²) in [4.78, 5) is 12.0. The molecule has 0 saturated heterocycles. The van der Waals surface area contributed by atoms with Gasteiger partial charge in [0.1, 0.15) is 5.58 Å². The summed E-state index contributed by atoms with van der Waals surface area (Å²) in [6, 6.07) is 15.4. The first-order valence-corrected chi connectivity index (χ1v) is 8.49. The third-order valence-electron chi connectivity index (χ3n) is 4.57. The Balaban J connectivity index is 1.72. The standard InChI is InChI=1S/C21H19N3O2/c1-14-10-17-16(12-21(25)26-20(17)11-15(14)2)13-22-18-6-3-4-7-19(18)24-9-5-8-23-24/h3-12,22H,13H2,1-2H3. The van der Waals surface area contributed by atoms with E-state index in [9.17, 15) is 4.79 Å². The van der Waals surface area contributed by atoms with Gasteiger partial charge in [-0.1, -0.05) is 12.1 Å². The van der Waals surface area contributed by atoms with Crippen LogP contribution in [-0.2, 0) is 6.54 Å².